The minimum atomic E-state index is -1.50. The molecule has 0 aliphatic carbocycles. The van der Waals surface area contributed by atoms with Crippen molar-refractivity contribution >= 4 is 0 Å². The summed E-state index contributed by atoms with van der Waals surface area (Å²) in [5, 5.41) is 13.6. The van der Waals surface area contributed by atoms with Crippen molar-refractivity contribution in [1.29, 1.82) is 0 Å². The van der Waals surface area contributed by atoms with E-state index in [0.717, 1.165) is 0 Å². The predicted molar refractivity (Wildman–Crippen MR) is 12.4 cm³/mol. The molecule has 0 unspecified atom stereocenters. The first-order chi connectivity index (χ1) is 1.73. The van der Waals surface area contributed by atoms with Gasteiger partial charge in [-0.05, 0) is 0 Å². The third-order valence-corrected chi connectivity index (χ3v) is 0. The maximum Gasteiger partial charge on any atom is 0.291 e. The average Bonchev–Trinajstić information content (AvgIpc) is 0.811. The molecular formula is H3NO4Ti. The van der Waals surface area contributed by atoms with Gasteiger partial charge < -0.3 is 10.7 Å². The second-order valence-electron chi connectivity index (χ2n) is 0.238. The number of hydrogen-bond donors (Lipinski definition) is 1. The fourth-order valence-electron chi connectivity index (χ4n) is 0. The van der Waals surface area contributed by atoms with Crippen molar-refractivity contribution in [1.82, 2.24) is 0 Å². The van der Waals surface area contributed by atoms with Gasteiger partial charge in [-0.25, -0.2) is 0 Å². The Bertz CT molecular complexity index is 30.5. The first-order valence-corrected chi connectivity index (χ1v) is 0.565. The smallest absolute Gasteiger partial charge is 0.291 e. The summed E-state index contributed by atoms with van der Waals surface area (Å²) >= 11 is 0. The normalized spacial score (nSPS) is 4.00. The average molecular weight is 129 g/mol. The zero-order valence-corrected chi connectivity index (χ0v) is 4.27. The summed E-state index contributed by atoms with van der Waals surface area (Å²) in [7, 11) is 0. The van der Waals surface area contributed by atoms with E-state index in [1.54, 1.807) is 0 Å². The van der Waals surface area contributed by atoms with Crippen molar-refractivity contribution in [2.75, 3.05) is 0 Å². The molecule has 5 nitrogen and oxygen atoms in total. The zero-order chi connectivity index (χ0) is 3.58. The van der Waals surface area contributed by atoms with Crippen molar-refractivity contribution in [3.05, 3.63) is 10.1 Å². The van der Waals surface area contributed by atoms with Crippen LogP contribution in [0, 0.1) is 10.1 Å². The van der Waals surface area contributed by atoms with Crippen molar-refractivity contribution in [2.24, 2.45) is 0 Å². The number of nitrogens with zero attached hydrogens (tertiary/aromatic N) is 1. The van der Waals surface area contributed by atoms with E-state index in [4.69, 9.17) is 15.3 Å². The van der Waals surface area contributed by atoms with E-state index in [-0.39, 0.29) is 27.2 Å². The molecule has 0 saturated carbocycles. The molecule has 0 aromatic rings. The third-order valence-electron chi connectivity index (χ3n) is 0. The first-order valence-electron chi connectivity index (χ1n) is 0.565. The third kappa shape index (κ3) is 2030. The van der Waals surface area contributed by atoms with Gasteiger partial charge in [-0.15, -0.1) is 10.1 Å². The fourth-order valence-corrected chi connectivity index (χ4v) is 0. The van der Waals surface area contributed by atoms with Gasteiger partial charge in [0.2, 0.25) is 0 Å². The van der Waals surface area contributed by atoms with Gasteiger partial charge >= 0.3 is 0 Å². The van der Waals surface area contributed by atoms with Crippen LogP contribution < -0.4 is 0 Å². The molecule has 0 atom stereocenters. The van der Waals surface area contributed by atoms with Gasteiger partial charge in [0.05, 0.1) is 0 Å². The molecule has 3 N–H and O–H groups in total. The van der Waals surface area contributed by atoms with Crippen LogP contribution in [0.25, 0.3) is 0 Å². The Labute approximate surface area is 48.3 Å². The second kappa shape index (κ2) is 8.86. The van der Waals surface area contributed by atoms with Crippen LogP contribution in [0.2, 0.25) is 0 Å². The van der Waals surface area contributed by atoms with Crippen LogP contribution in [0.5, 0.6) is 0 Å². The molecule has 0 heterocycles. The van der Waals surface area contributed by atoms with Gasteiger partial charge in [0.25, 0.3) is 5.09 Å². The Balaban J connectivity index is -0.0000000450. The molecule has 0 amide bonds. The summed E-state index contributed by atoms with van der Waals surface area (Å²) in [6.45, 7) is 0. The first kappa shape index (κ1) is 16.9. The van der Waals surface area contributed by atoms with Crippen LogP contribution in [0.4, 0.5) is 0 Å². The Hall–Kier alpha value is -0.126. The van der Waals surface area contributed by atoms with Crippen LogP contribution in [-0.4, -0.2) is 15.8 Å². The van der Waals surface area contributed by atoms with E-state index in [2.05, 4.69) is 0 Å². The molecule has 0 radical (unpaired) electrons. The second-order valence-corrected chi connectivity index (χ2v) is 0.238. The monoisotopic (exact) mass is 129 g/mol. The summed E-state index contributed by atoms with van der Waals surface area (Å²) < 4.78 is 0. The molecule has 0 aliphatic heterocycles. The van der Waals surface area contributed by atoms with Crippen molar-refractivity contribution in [3.8, 4) is 0 Å². The standard InChI is InChI=1S/HNO3.H2O.Ti/c2-1(3)4;;/h(H,2,3,4);1H2;. The quantitative estimate of drug-likeness (QED) is 0.253. The van der Waals surface area contributed by atoms with E-state index in [1.807, 2.05) is 0 Å². The Morgan fingerprint density at radius 2 is 1.67 bits per heavy atom. The molecular weight excluding hydrogens is 126 g/mol. The molecule has 0 fully saturated rings. The number of hydrogen-bond acceptors (Lipinski definition) is 2. The molecule has 0 saturated heterocycles. The van der Waals surface area contributed by atoms with Gasteiger partial charge in [-0.3, -0.25) is 0 Å². The summed E-state index contributed by atoms with van der Waals surface area (Å²) in [5.41, 5.74) is 0. The maximum absolute atomic E-state index is 8.36. The molecule has 0 bridgehead atoms. The van der Waals surface area contributed by atoms with E-state index in [0.29, 0.717) is 0 Å². The van der Waals surface area contributed by atoms with Crippen molar-refractivity contribution in [2.45, 2.75) is 0 Å². The predicted octanol–water partition coefficient (Wildman–Crippen LogP) is -1.17. The van der Waals surface area contributed by atoms with E-state index < -0.39 is 5.09 Å². The van der Waals surface area contributed by atoms with Gasteiger partial charge in [0.15, 0.2) is 0 Å². The van der Waals surface area contributed by atoms with Gasteiger partial charge in [-0.2, -0.15) is 0 Å². The topological polar surface area (TPSA) is 94.9 Å². The van der Waals surface area contributed by atoms with Gasteiger partial charge in [0, 0.05) is 21.7 Å². The molecule has 0 aromatic carbocycles. The molecule has 36 valence electrons. The Morgan fingerprint density at radius 1 is 1.67 bits per heavy atom. The van der Waals surface area contributed by atoms with Crippen LogP contribution in [-0.2, 0) is 21.7 Å². The molecule has 0 spiro atoms. The van der Waals surface area contributed by atoms with E-state index in [9.17, 15) is 0 Å². The van der Waals surface area contributed by atoms with Crippen LogP contribution in [0.3, 0.4) is 0 Å². The zero-order valence-electron chi connectivity index (χ0n) is 2.71. The van der Waals surface area contributed by atoms with E-state index >= 15 is 0 Å². The fraction of sp³-hybridized carbons (Fsp3) is 0. The summed E-state index contributed by atoms with van der Waals surface area (Å²) in [5.74, 6) is 0. The van der Waals surface area contributed by atoms with E-state index in [1.165, 1.54) is 0 Å². The largest absolute Gasteiger partial charge is 0.412 e. The van der Waals surface area contributed by atoms with Gasteiger partial charge in [-0.1, -0.05) is 0 Å². The summed E-state index contributed by atoms with van der Waals surface area (Å²) in [4.78, 5) is 8.36. The van der Waals surface area contributed by atoms with Crippen molar-refractivity contribution < 1.29 is 37.5 Å². The number of rotatable bonds is 0. The summed E-state index contributed by atoms with van der Waals surface area (Å²) in [6.07, 6.45) is 0. The SMILES string of the molecule is O.O=[N+]([O-])O.[Ti]. The Morgan fingerprint density at radius 3 is 1.67 bits per heavy atom. The van der Waals surface area contributed by atoms with Gasteiger partial charge in [0.1, 0.15) is 0 Å². The minimum absolute atomic E-state index is 0. The molecule has 0 rings (SSSR count). The molecule has 6 heavy (non-hydrogen) atoms. The van der Waals surface area contributed by atoms with Crippen LogP contribution >= 0.6 is 0 Å². The van der Waals surface area contributed by atoms with Crippen molar-refractivity contribution in [3.63, 3.8) is 0 Å². The molecule has 0 aliphatic rings. The summed E-state index contributed by atoms with van der Waals surface area (Å²) in [6, 6.07) is 0. The maximum atomic E-state index is 8.36. The van der Waals surface area contributed by atoms with Crippen LogP contribution in [0.15, 0.2) is 0 Å². The minimum Gasteiger partial charge on any atom is -0.412 e. The molecule has 6 heteroatoms. The van der Waals surface area contributed by atoms with Crippen LogP contribution in [0.1, 0.15) is 0 Å². The Kier molecular flexibility index (Phi) is 24.9. The molecule has 0 aromatic heterocycles.